The van der Waals surface area contributed by atoms with Crippen LogP contribution in [0.5, 0.6) is 5.75 Å². The fourth-order valence-electron chi connectivity index (χ4n) is 3.54. The molecule has 2 aromatic carbocycles. The predicted octanol–water partition coefficient (Wildman–Crippen LogP) is 5.63. The SMILES string of the molecule is CN(C(=O)c1coc(/C=C/c2ccc(OC(F)(F)F)cc2)n1)c1ccc(CCCCn2ccnn2)cc1. The largest absolute Gasteiger partial charge is 0.573 e. The summed E-state index contributed by atoms with van der Waals surface area (Å²) in [7, 11) is 1.66. The Hall–Kier alpha value is -4.41. The maximum atomic E-state index is 12.9. The number of hydrogen-bond acceptors (Lipinski definition) is 6. The van der Waals surface area contributed by atoms with E-state index in [1.807, 2.05) is 35.1 Å². The number of hydrogen-bond donors (Lipinski definition) is 0. The van der Waals surface area contributed by atoms with E-state index in [1.54, 1.807) is 19.3 Å². The van der Waals surface area contributed by atoms with Crippen LogP contribution in [0.4, 0.5) is 18.9 Å². The zero-order chi connectivity index (χ0) is 26.3. The summed E-state index contributed by atoms with van der Waals surface area (Å²) in [4.78, 5) is 18.5. The van der Waals surface area contributed by atoms with Gasteiger partial charge in [0.25, 0.3) is 5.91 Å². The third kappa shape index (κ3) is 7.53. The van der Waals surface area contributed by atoms with E-state index in [0.29, 0.717) is 5.56 Å². The van der Waals surface area contributed by atoms with Gasteiger partial charge in [0, 0.05) is 31.6 Å². The molecule has 11 heteroatoms. The minimum atomic E-state index is -4.74. The summed E-state index contributed by atoms with van der Waals surface area (Å²) in [6.07, 6.45) is 6.07. The highest BCUT2D eigenvalue weighted by Crippen LogP contribution is 2.23. The fourth-order valence-corrected chi connectivity index (χ4v) is 3.54. The highest BCUT2D eigenvalue weighted by atomic mass is 19.4. The third-order valence-corrected chi connectivity index (χ3v) is 5.48. The molecule has 0 fully saturated rings. The van der Waals surface area contributed by atoms with Crippen molar-refractivity contribution < 1.29 is 27.1 Å². The number of rotatable bonds is 10. The van der Waals surface area contributed by atoms with Gasteiger partial charge in [-0.3, -0.25) is 9.48 Å². The second-order valence-corrected chi connectivity index (χ2v) is 8.18. The normalized spacial score (nSPS) is 11.7. The van der Waals surface area contributed by atoms with Gasteiger partial charge in [-0.1, -0.05) is 29.5 Å². The van der Waals surface area contributed by atoms with Gasteiger partial charge in [0.1, 0.15) is 12.0 Å². The van der Waals surface area contributed by atoms with Gasteiger partial charge < -0.3 is 14.1 Å². The maximum Gasteiger partial charge on any atom is 0.573 e. The van der Waals surface area contributed by atoms with E-state index < -0.39 is 6.36 Å². The van der Waals surface area contributed by atoms with E-state index in [4.69, 9.17) is 4.42 Å². The van der Waals surface area contributed by atoms with E-state index >= 15 is 0 Å². The van der Waals surface area contributed by atoms with Crippen LogP contribution in [0, 0.1) is 0 Å². The lowest BCUT2D eigenvalue weighted by Crippen LogP contribution is -2.26. The van der Waals surface area contributed by atoms with Crippen LogP contribution < -0.4 is 9.64 Å². The molecular weight excluding hydrogens is 487 g/mol. The Morgan fingerprint density at radius 1 is 1.08 bits per heavy atom. The number of alkyl halides is 3. The number of aromatic nitrogens is 4. The first-order chi connectivity index (χ1) is 17.8. The topological polar surface area (TPSA) is 86.3 Å². The summed E-state index contributed by atoms with van der Waals surface area (Å²) in [5.41, 5.74) is 2.64. The van der Waals surface area contributed by atoms with E-state index in [-0.39, 0.29) is 23.2 Å². The number of ether oxygens (including phenoxy) is 1. The minimum absolute atomic E-state index is 0.133. The molecule has 4 aromatic rings. The molecular formula is C26H24F3N5O3. The fraction of sp³-hybridized carbons (Fsp3) is 0.231. The molecule has 8 nitrogen and oxygen atoms in total. The number of aryl methyl sites for hydroxylation is 2. The van der Waals surface area contributed by atoms with Gasteiger partial charge in [-0.2, -0.15) is 0 Å². The molecule has 0 atom stereocenters. The highest BCUT2D eigenvalue weighted by Gasteiger charge is 2.30. The van der Waals surface area contributed by atoms with E-state index in [1.165, 1.54) is 47.1 Å². The van der Waals surface area contributed by atoms with Gasteiger partial charge >= 0.3 is 6.36 Å². The van der Waals surface area contributed by atoms with E-state index in [2.05, 4.69) is 20.0 Å². The summed E-state index contributed by atoms with van der Waals surface area (Å²) in [6, 6.07) is 13.1. The van der Waals surface area contributed by atoms with Crippen molar-refractivity contribution in [3.8, 4) is 5.75 Å². The van der Waals surface area contributed by atoms with Crippen LogP contribution in [-0.2, 0) is 13.0 Å². The average Bonchev–Trinajstić information content (AvgIpc) is 3.57. The number of unbranched alkanes of at least 4 members (excludes halogenated alkanes) is 1. The van der Waals surface area contributed by atoms with Crippen molar-refractivity contribution in [3.63, 3.8) is 0 Å². The quantitative estimate of drug-likeness (QED) is 0.256. The van der Waals surface area contributed by atoms with E-state index in [0.717, 1.165) is 31.5 Å². The number of anilines is 1. The standard InChI is InChI=1S/C26H24F3N5O3/c1-33(21-10-5-19(6-11-21)4-2-3-16-34-17-15-30-32-34)25(35)23-18-36-24(31-23)14-9-20-7-12-22(13-8-20)37-26(27,28)29/h5-15,17-18H,2-4,16H2,1H3/b14-9+. The summed E-state index contributed by atoms with van der Waals surface area (Å²) >= 11 is 0. The molecule has 192 valence electrons. The molecule has 0 saturated heterocycles. The first kappa shape index (κ1) is 25.7. The minimum Gasteiger partial charge on any atom is -0.444 e. The van der Waals surface area contributed by atoms with Gasteiger partial charge in [-0.15, -0.1) is 18.3 Å². The Labute approximate surface area is 211 Å². The van der Waals surface area contributed by atoms with Gasteiger partial charge in [-0.25, -0.2) is 4.98 Å². The lowest BCUT2D eigenvalue weighted by molar-refractivity contribution is -0.274. The van der Waals surface area contributed by atoms with Crippen LogP contribution in [0.3, 0.4) is 0 Å². The Balaban J connectivity index is 1.29. The van der Waals surface area contributed by atoms with Gasteiger partial charge in [0.05, 0.1) is 6.20 Å². The monoisotopic (exact) mass is 511 g/mol. The van der Waals surface area contributed by atoms with Crippen LogP contribution in [-0.4, -0.2) is 39.3 Å². The lowest BCUT2D eigenvalue weighted by atomic mass is 10.1. The Morgan fingerprint density at radius 3 is 2.51 bits per heavy atom. The number of halogens is 3. The zero-order valence-corrected chi connectivity index (χ0v) is 19.9. The van der Waals surface area contributed by atoms with Crippen molar-refractivity contribution in [1.82, 2.24) is 20.0 Å². The number of amides is 1. The Kier molecular flexibility index (Phi) is 8.02. The summed E-state index contributed by atoms with van der Waals surface area (Å²) < 4.78 is 47.8. The molecule has 0 saturated carbocycles. The molecule has 0 radical (unpaired) electrons. The third-order valence-electron chi connectivity index (χ3n) is 5.48. The molecule has 0 unspecified atom stereocenters. The number of carbonyl (C=O) groups is 1. The Morgan fingerprint density at radius 2 is 1.84 bits per heavy atom. The van der Waals surface area contributed by atoms with Crippen molar-refractivity contribution >= 4 is 23.7 Å². The van der Waals surface area contributed by atoms with Crippen molar-refractivity contribution in [2.45, 2.75) is 32.2 Å². The molecule has 0 spiro atoms. The Bertz CT molecular complexity index is 1320. The molecule has 0 aliphatic heterocycles. The first-order valence-corrected chi connectivity index (χ1v) is 11.5. The van der Waals surface area contributed by atoms with Crippen LogP contribution in [0.15, 0.2) is 71.6 Å². The smallest absolute Gasteiger partial charge is 0.444 e. The van der Waals surface area contributed by atoms with E-state index in [9.17, 15) is 18.0 Å². The summed E-state index contributed by atoms with van der Waals surface area (Å²) in [5.74, 6) is -0.459. The second kappa shape index (κ2) is 11.5. The average molecular weight is 512 g/mol. The predicted molar refractivity (Wildman–Crippen MR) is 131 cm³/mol. The molecule has 0 aliphatic rings. The maximum absolute atomic E-state index is 12.9. The first-order valence-electron chi connectivity index (χ1n) is 11.5. The molecule has 2 aromatic heterocycles. The van der Waals surface area contributed by atoms with Crippen LogP contribution in [0.1, 0.15) is 40.3 Å². The van der Waals surface area contributed by atoms with Crippen molar-refractivity contribution in [1.29, 1.82) is 0 Å². The lowest BCUT2D eigenvalue weighted by Gasteiger charge is -2.16. The number of benzene rings is 2. The van der Waals surface area contributed by atoms with Crippen molar-refractivity contribution in [2.24, 2.45) is 0 Å². The molecule has 0 bridgehead atoms. The number of oxazole rings is 1. The van der Waals surface area contributed by atoms with Crippen molar-refractivity contribution in [2.75, 3.05) is 11.9 Å². The van der Waals surface area contributed by atoms with Crippen LogP contribution in [0.2, 0.25) is 0 Å². The van der Waals surface area contributed by atoms with Gasteiger partial charge in [0.15, 0.2) is 5.69 Å². The molecule has 37 heavy (non-hydrogen) atoms. The van der Waals surface area contributed by atoms with Gasteiger partial charge in [0.2, 0.25) is 5.89 Å². The van der Waals surface area contributed by atoms with Gasteiger partial charge in [-0.05, 0) is 60.7 Å². The van der Waals surface area contributed by atoms with Crippen molar-refractivity contribution in [3.05, 3.63) is 89.9 Å². The summed E-state index contributed by atoms with van der Waals surface area (Å²) in [5, 5.41) is 7.74. The molecule has 1 amide bonds. The van der Waals surface area contributed by atoms with Crippen LogP contribution >= 0.6 is 0 Å². The molecule has 2 heterocycles. The molecule has 4 rings (SSSR count). The second-order valence-electron chi connectivity index (χ2n) is 8.18. The molecule has 0 N–H and O–H groups in total. The highest BCUT2D eigenvalue weighted by molar-refractivity contribution is 6.04. The molecule has 0 aliphatic carbocycles. The van der Waals surface area contributed by atoms with Crippen LogP contribution in [0.25, 0.3) is 12.2 Å². The summed E-state index contributed by atoms with van der Waals surface area (Å²) in [6.45, 7) is 0.827. The number of carbonyl (C=O) groups excluding carboxylic acids is 1. The number of nitrogens with zero attached hydrogens (tertiary/aromatic N) is 5. The zero-order valence-electron chi connectivity index (χ0n) is 19.9.